The van der Waals surface area contributed by atoms with Crippen LogP contribution in [0.1, 0.15) is 74.2 Å². The van der Waals surface area contributed by atoms with Gasteiger partial charge in [0.25, 0.3) is 5.91 Å². The van der Waals surface area contributed by atoms with E-state index in [-0.39, 0.29) is 5.91 Å². The number of aromatic nitrogens is 2. The summed E-state index contributed by atoms with van der Waals surface area (Å²) in [5.41, 5.74) is 0.215. The van der Waals surface area contributed by atoms with Crippen LogP contribution in [0.5, 0.6) is 0 Å². The Hall–Kier alpha value is -1.80. The summed E-state index contributed by atoms with van der Waals surface area (Å²) in [5, 5.41) is 0. The molecule has 1 aromatic rings. The zero-order chi connectivity index (χ0) is 22.1. The van der Waals surface area contributed by atoms with Crippen molar-refractivity contribution in [1.82, 2.24) is 14.9 Å². The number of ether oxygens (including phenoxy) is 1. The lowest BCUT2D eigenvalue weighted by atomic mass is 9.98. The highest BCUT2D eigenvalue weighted by Crippen LogP contribution is 2.47. The summed E-state index contributed by atoms with van der Waals surface area (Å²) in [6.07, 6.45) is 1.75. The second-order valence-electron chi connectivity index (χ2n) is 9.60. The van der Waals surface area contributed by atoms with Crippen LogP contribution in [0.2, 0.25) is 16.6 Å². The first-order valence-electron chi connectivity index (χ1n) is 10.3. The molecule has 29 heavy (non-hydrogen) atoms. The predicted molar refractivity (Wildman–Crippen MR) is 114 cm³/mol. The maximum atomic E-state index is 13.1. The number of carbonyl (C=O) groups excluding carboxylic acids is 2. The van der Waals surface area contributed by atoms with Crippen molar-refractivity contribution in [3.8, 4) is 0 Å². The monoisotopic (exact) mass is 421 g/mol. The van der Waals surface area contributed by atoms with Crippen LogP contribution in [0.4, 0.5) is 4.79 Å². The highest BCUT2D eigenvalue weighted by atomic mass is 28.4. The maximum Gasteiger partial charge on any atom is 0.417 e. The van der Waals surface area contributed by atoms with Gasteiger partial charge < -0.3 is 9.16 Å². The Morgan fingerprint density at radius 1 is 1.03 bits per heavy atom. The van der Waals surface area contributed by atoms with E-state index in [9.17, 15) is 9.59 Å². The zero-order valence-electron chi connectivity index (χ0n) is 19.1. The van der Waals surface area contributed by atoms with Crippen molar-refractivity contribution in [3.05, 3.63) is 24.3 Å². The van der Waals surface area contributed by atoms with E-state index in [0.717, 1.165) is 4.90 Å². The standard InChI is InChI=1S/C21H35N3O4Si/c1-13(2)29(14(3)4,15(5)6)28-17-16(18-22-11-10-12-23-18)24(19(17)25)20(26)27-21(7,8)9/h10-17H,1-9H3/t16-,17-/m0/s1. The van der Waals surface area contributed by atoms with Gasteiger partial charge in [0, 0.05) is 12.4 Å². The van der Waals surface area contributed by atoms with Gasteiger partial charge in [-0.1, -0.05) is 41.5 Å². The van der Waals surface area contributed by atoms with Gasteiger partial charge in [0.2, 0.25) is 8.32 Å². The molecule has 2 amide bonds. The largest absolute Gasteiger partial charge is 0.443 e. The summed E-state index contributed by atoms with van der Waals surface area (Å²) in [6, 6.07) is 1.02. The van der Waals surface area contributed by atoms with Gasteiger partial charge in [-0.2, -0.15) is 0 Å². The van der Waals surface area contributed by atoms with Crippen LogP contribution in [0.25, 0.3) is 0 Å². The van der Waals surface area contributed by atoms with Crippen LogP contribution < -0.4 is 0 Å². The van der Waals surface area contributed by atoms with Crippen molar-refractivity contribution in [2.45, 2.75) is 96.7 Å². The number of imide groups is 1. The molecule has 0 spiro atoms. The van der Waals surface area contributed by atoms with Crippen molar-refractivity contribution in [1.29, 1.82) is 0 Å². The second kappa shape index (κ2) is 8.51. The Labute approximate surface area is 175 Å². The third kappa shape index (κ3) is 4.53. The smallest absolute Gasteiger partial charge is 0.417 e. The lowest BCUT2D eigenvalue weighted by Gasteiger charge is -2.51. The van der Waals surface area contributed by atoms with Gasteiger partial charge in [-0.3, -0.25) is 4.79 Å². The van der Waals surface area contributed by atoms with Crippen LogP contribution in [-0.2, 0) is 14.0 Å². The van der Waals surface area contributed by atoms with Crippen LogP contribution >= 0.6 is 0 Å². The summed E-state index contributed by atoms with van der Waals surface area (Å²) in [5.74, 6) is 0.0117. The summed E-state index contributed by atoms with van der Waals surface area (Å²) < 4.78 is 12.2. The minimum atomic E-state index is -2.34. The van der Waals surface area contributed by atoms with Gasteiger partial charge in [-0.05, 0) is 43.5 Å². The molecule has 8 heteroatoms. The van der Waals surface area contributed by atoms with Crippen LogP contribution in [0.15, 0.2) is 18.5 Å². The molecule has 2 heterocycles. The molecular formula is C21H35N3O4Si. The number of β-lactam (4-membered cyclic amide) rings is 1. The Kier molecular flexibility index (Phi) is 6.89. The fraction of sp³-hybridized carbons (Fsp3) is 0.714. The molecule has 1 aromatic heterocycles. The fourth-order valence-electron chi connectivity index (χ4n) is 4.43. The van der Waals surface area contributed by atoms with E-state index in [1.807, 2.05) is 0 Å². The zero-order valence-corrected chi connectivity index (χ0v) is 20.1. The lowest BCUT2D eigenvalue weighted by Crippen LogP contribution is -2.67. The first kappa shape index (κ1) is 23.5. The Morgan fingerprint density at radius 2 is 1.52 bits per heavy atom. The molecule has 0 unspecified atom stereocenters. The van der Waals surface area contributed by atoms with Crippen LogP contribution in [0.3, 0.4) is 0 Å². The highest BCUT2D eigenvalue weighted by molar-refractivity contribution is 6.77. The predicted octanol–water partition coefficient (Wildman–Crippen LogP) is 4.86. The van der Waals surface area contributed by atoms with E-state index < -0.39 is 32.2 Å². The molecule has 0 saturated carbocycles. The van der Waals surface area contributed by atoms with Crippen LogP contribution in [0, 0.1) is 0 Å². The summed E-state index contributed by atoms with van der Waals surface area (Å²) in [7, 11) is -2.34. The van der Waals surface area contributed by atoms with Crippen LogP contribution in [-0.4, -0.2) is 46.9 Å². The second-order valence-corrected chi connectivity index (χ2v) is 15.0. The van der Waals surface area contributed by atoms with Gasteiger partial charge in [-0.15, -0.1) is 0 Å². The van der Waals surface area contributed by atoms with E-state index in [0.29, 0.717) is 22.4 Å². The molecule has 0 N–H and O–H groups in total. The molecule has 0 aromatic carbocycles. The SMILES string of the molecule is CC(C)[Si](O[C@@H]1C(=O)N(C(=O)OC(C)(C)C)[C@@H]1c1ncccn1)(C(C)C)C(C)C. The van der Waals surface area contributed by atoms with E-state index >= 15 is 0 Å². The average Bonchev–Trinajstić information content (AvgIpc) is 2.58. The van der Waals surface area contributed by atoms with E-state index in [4.69, 9.17) is 9.16 Å². The normalized spacial score (nSPS) is 20.4. The number of hydrogen-bond donors (Lipinski definition) is 0. The molecule has 0 radical (unpaired) electrons. The molecule has 7 nitrogen and oxygen atoms in total. The average molecular weight is 422 g/mol. The van der Waals surface area contributed by atoms with E-state index in [2.05, 4.69) is 51.5 Å². The minimum Gasteiger partial charge on any atom is -0.443 e. The van der Waals surface area contributed by atoms with Gasteiger partial charge in [0.1, 0.15) is 11.6 Å². The third-order valence-electron chi connectivity index (χ3n) is 5.52. The Morgan fingerprint density at radius 3 is 1.93 bits per heavy atom. The first-order valence-corrected chi connectivity index (χ1v) is 12.5. The number of nitrogens with zero attached hydrogens (tertiary/aromatic N) is 3. The topological polar surface area (TPSA) is 81.6 Å². The molecule has 1 aliphatic heterocycles. The highest BCUT2D eigenvalue weighted by Gasteiger charge is 2.59. The molecule has 2 rings (SSSR count). The molecule has 2 atom stereocenters. The molecule has 1 saturated heterocycles. The van der Waals surface area contributed by atoms with Gasteiger partial charge in [0.15, 0.2) is 11.9 Å². The quantitative estimate of drug-likeness (QED) is 0.482. The molecule has 1 aliphatic rings. The van der Waals surface area contributed by atoms with Gasteiger partial charge in [-0.25, -0.2) is 19.7 Å². The van der Waals surface area contributed by atoms with Crippen molar-refractivity contribution in [2.75, 3.05) is 0 Å². The summed E-state index contributed by atoms with van der Waals surface area (Å²) in [6.45, 7) is 18.3. The Bertz CT molecular complexity index is 709. The molecular weight excluding hydrogens is 386 g/mol. The van der Waals surface area contributed by atoms with Gasteiger partial charge >= 0.3 is 6.09 Å². The minimum absolute atomic E-state index is 0.309. The third-order valence-corrected chi connectivity index (χ3v) is 11.6. The molecule has 0 aliphatic carbocycles. The molecule has 0 bridgehead atoms. The van der Waals surface area contributed by atoms with Crippen molar-refractivity contribution in [2.24, 2.45) is 0 Å². The number of rotatable bonds is 6. The fourth-order valence-corrected chi connectivity index (χ4v) is 9.92. The van der Waals surface area contributed by atoms with Crippen molar-refractivity contribution < 1.29 is 18.8 Å². The maximum absolute atomic E-state index is 13.1. The van der Waals surface area contributed by atoms with E-state index in [1.165, 1.54) is 0 Å². The van der Waals surface area contributed by atoms with Gasteiger partial charge in [0.05, 0.1) is 0 Å². The molecule has 1 fully saturated rings. The number of amides is 2. The van der Waals surface area contributed by atoms with Crippen molar-refractivity contribution in [3.63, 3.8) is 0 Å². The lowest BCUT2D eigenvalue weighted by molar-refractivity contribution is -0.163. The summed E-state index contributed by atoms with van der Waals surface area (Å²) in [4.78, 5) is 35.5. The van der Waals surface area contributed by atoms with Crippen molar-refractivity contribution >= 4 is 20.3 Å². The number of carbonyl (C=O) groups is 2. The number of hydrogen-bond acceptors (Lipinski definition) is 6. The first-order chi connectivity index (χ1) is 13.3. The molecule has 162 valence electrons. The summed E-state index contributed by atoms with van der Waals surface area (Å²) >= 11 is 0. The number of likely N-dealkylation sites (tertiary alicyclic amines) is 1. The Balaban J connectivity index is 2.43. The van der Waals surface area contributed by atoms with E-state index in [1.54, 1.807) is 39.2 Å².